The number of ether oxygens (including phenoxy) is 3. The number of fused-ring (bicyclic) bond motifs is 1. The number of amides is 4. The molecule has 0 spiro atoms. The van der Waals surface area contributed by atoms with Gasteiger partial charge in [-0.2, -0.15) is 0 Å². The van der Waals surface area contributed by atoms with Crippen LogP contribution in [0.1, 0.15) is 35.2 Å². The lowest BCUT2D eigenvalue weighted by atomic mass is 9.76. The molecular formula is C33H37N3O6. The van der Waals surface area contributed by atoms with E-state index in [1.807, 2.05) is 66.7 Å². The summed E-state index contributed by atoms with van der Waals surface area (Å²) in [6.45, 7) is 3.30. The van der Waals surface area contributed by atoms with Crippen molar-refractivity contribution in [1.29, 1.82) is 0 Å². The van der Waals surface area contributed by atoms with Crippen LogP contribution in [0.15, 0.2) is 66.7 Å². The molecule has 2 aliphatic rings. The first kappa shape index (κ1) is 29.1. The Labute approximate surface area is 246 Å². The largest absolute Gasteiger partial charge is 0.493 e. The van der Waals surface area contributed by atoms with Crippen LogP contribution in [0, 0.1) is 5.41 Å². The average molecular weight is 572 g/mol. The predicted octanol–water partition coefficient (Wildman–Crippen LogP) is 4.48. The molecule has 0 aliphatic carbocycles. The molecule has 9 nitrogen and oxygen atoms in total. The number of barbiturate groups is 1. The van der Waals surface area contributed by atoms with Gasteiger partial charge in [-0.3, -0.25) is 24.3 Å². The second kappa shape index (κ2) is 11.9. The van der Waals surface area contributed by atoms with Crippen LogP contribution in [0.3, 0.4) is 0 Å². The highest BCUT2D eigenvalue weighted by Gasteiger charge is 2.56. The Balaban J connectivity index is 1.43. The molecule has 3 aromatic carbocycles. The zero-order valence-corrected chi connectivity index (χ0v) is 24.8. The quantitative estimate of drug-likeness (QED) is 0.350. The summed E-state index contributed by atoms with van der Waals surface area (Å²) in [6.07, 6.45) is 0.865. The molecule has 0 radical (unpaired) electrons. The summed E-state index contributed by atoms with van der Waals surface area (Å²) in [7, 11) is 6.09. The van der Waals surface area contributed by atoms with Gasteiger partial charge in [-0.25, -0.2) is 4.79 Å². The fourth-order valence-electron chi connectivity index (χ4n) is 6.03. The maximum atomic E-state index is 13.9. The molecule has 3 aromatic rings. The van der Waals surface area contributed by atoms with E-state index in [4.69, 9.17) is 14.2 Å². The molecule has 0 saturated carbocycles. The minimum atomic E-state index is -1.48. The average Bonchev–Trinajstić information content (AvgIpc) is 3.02. The van der Waals surface area contributed by atoms with E-state index in [0.29, 0.717) is 30.4 Å². The Morgan fingerprint density at radius 3 is 2.07 bits per heavy atom. The van der Waals surface area contributed by atoms with Crippen molar-refractivity contribution in [1.82, 2.24) is 14.7 Å². The molecule has 1 fully saturated rings. The number of nitrogens with zero attached hydrogens (tertiary/aromatic N) is 3. The van der Waals surface area contributed by atoms with Crippen molar-refractivity contribution in [3.63, 3.8) is 0 Å². The molecule has 0 N–H and O–H groups in total. The standard InChI is InChI=1S/C33H37N3O6/c1-22-27-18-29(41-5)28(40-4)17-25(27)15-16-36(22)21-33(30(37)34(2)32(39)35(3)31(33)38)19-23-11-13-26(14-12-23)42-20-24-9-7-6-8-10-24/h6-14,17-18,22H,15-16,19-21H2,1-5H3/t22-/m0/s1. The zero-order valence-electron chi connectivity index (χ0n) is 24.8. The van der Waals surface area contributed by atoms with Gasteiger partial charge in [0.25, 0.3) is 0 Å². The zero-order chi connectivity index (χ0) is 30.0. The molecule has 4 amide bonds. The Kier molecular flexibility index (Phi) is 8.22. The van der Waals surface area contributed by atoms with Crippen molar-refractivity contribution in [3.8, 4) is 17.2 Å². The molecular weight excluding hydrogens is 534 g/mol. The molecule has 2 aliphatic heterocycles. The van der Waals surface area contributed by atoms with Crippen molar-refractivity contribution in [3.05, 3.63) is 89.0 Å². The highest BCUT2D eigenvalue weighted by atomic mass is 16.5. The van der Waals surface area contributed by atoms with Crippen LogP contribution in [-0.2, 0) is 29.0 Å². The molecule has 0 aromatic heterocycles. The summed E-state index contributed by atoms with van der Waals surface area (Å²) in [5, 5.41) is 0. The summed E-state index contributed by atoms with van der Waals surface area (Å²) >= 11 is 0. The van der Waals surface area contributed by atoms with Gasteiger partial charge in [-0.15, -0.1) is 0 Å². The molecule has 0 bridgehead atoms. The normalized spacial score (nSPS) is 18.6. The maximum absolute atomic E-state index is 13.9. The van der Waals surface area contributed by atoms with Gasteiger partial charge in [0.05, 0.1) is 14.2 Å². The van der Waals surface area contributed by atoms with Gasteiger partial charge in [0.1, 0.15) is 17.8 Å². The number of hydrogen-bond acceptors (Lipinski definition) is 7. The Bertz CT molecular complexity index is 1450. The van der Waals surface area contributed by atoms with E-state index in [9.17, 15) is 14.4 Å². The Hall–Kier alpha value is -4.37. The highest BCUT2D eigenvalue weighted by Crippen LogP contribution is 2.41. The molecule has 42 heavy (non-hydrogen) atoms. The van der Waals surface area contributed by atoms with Gasteiger partial charge >= 0.3 is 6.03 Å². The highest BCUT2D eigenvalue weighted by molar-refractivity contribution is 6.19. The van der Waals surface area contributed by atoms with Gasteiger partial charge in [0.2, 0.25) is 11.8 Å². The van der Waals surface area contributed by atoms with E-state index in [-0.39, 0.29) is 19.0 Å². The summed E-state index contributed by atoms with van der Waals surface area (Å²) < 4.78 is 17.0. The van der Waals surface area contributed by atoms with Gasteiger partial charge in [-0.1, -0.05) is 42.5 Å². The molecule has 5 rings (SSSR count). The lowest BCUT2D eigenvalue weighted by Gasteiger charge is -2.46. The van der Waals surface area contributed by atoms with E-state index >= 15 is 0 Å². The van der Waals surface area contributed by atoms with Crippen molar-refractivity contribution >= 4 is 17.8 Å². The molecule has 220 valence electrons. The third kappa shape index (κ3) is 5.32. The fourth-order valence-corrected chi connectivity index (χ4v) is 6.03. The first-order valence-electron chi connectivity index (χ1n) is 14.0. The SMILES string of the molecule is COc1cc2c(cc1OC)[C@H](C)N(CC1(Cc3ccc(OCc4ccccc4)cc3)C(=O)N(C)C(=O)N(C)C1=O)CC2. The van der Waals surface area contributed by atoms with Crippen molar-refractivity contribution in [2.45, 2.75) is 32.4 Å². The van der Waals surface area contributed by atoms with E-state index < -0.39 is 23.3 Å². The lowest BCUT2D eigenvalue weighted by Crippen LogP contribution is -2.67. The third-order valence-electron chi connectivity index (χ3n) is 8.46. The molecule has 2 heterocycles. The fraction of sp³-hybridized carbons (Fsp3) is 0.364. The number of rotatable bonds is 9. The van der Waals surface area contributed by atoms with Crippen LogP contribution >= 0.6 is 0 Å². The predicted molar refractivity (Wildman–Crippen MR) is 158 cm³/mol. The lowest BCUT2D eigenvalue weighted by molar-refractivity contribution is -0.159. The summed E-state index contributed by atoms with van der Waals surface area (Å²) in [4.78, 5) is 44.9. The van der Waals surface area contributed by atoms with Crippen LogP contribution in [0.25, 0.3) is 0 Å². The van der Waals surface area contributed by atoms with Gasteiger partial charge < -0.3 is 14.2 Å². The number of carbonyl (C=O) groups excluding carboxylic acids is 3. The first-order valence-corrected chi connectivity index (χ1v) is 14.0. The van der Waals surface area contributed by atoms with Crippen LogP contribution in [0.2, 0.25) is 0 Å². The van der Waals surface area contributed by atoms with Crippen molar-refractivity contribution < 1.29 is 28.6 Å². The Morgan fingerprint density at radius 1 is 0.833 bits per heavy atom. The second-order valence-electron chi connectivity index (χ2n) is 11.0. The van der Waals surface area contributed by atoms with Crippen LogP contribution in [0.5, 0.6) is 17.2 Å². The number of urea groups is 1. The minimum Gasteiger partial charge on any atom is -0.493 e. The van der Waals surface area contributed by atoms with E-state index in [1.165, 1.54) is 14.1 Å². The molecule has 1 atom stereocenters. The minimum absolute atomic E-state index is 0.104. The number of imide groups is 2. The van der Waals surface area contributed by atoms with E-state index in [2.05, 4.69) is 11.8 Å². The number of benzene rings is 3. The molecule has 9 heteroatoms. The number of carbonyl (C=O) groups is 3. The van der Waals surface area contributed by atoms with Crippen molar-refractivity contribution in [2.24, 2.45) is 5.41 Å². The smallest absolute Gasteiger partial charge is 0.332 e. The van der Waals surface area contributed by atoms with Gasteiger partial charge in [-0.05, 0) is 66.3 Å². The second-order valence-corrected chi connectivity index (χ2v) is 11.0. The van der Waals surface area contributed by atoms with Crippen molar-refractivity contribution in [2.75, 3.05) is 41.4 Å². The molecule has 1 saturated heterocycles. The van der Waals surface area contributed by atoms with Crippen LogP contribution in [0.4, 0.5) is 4.79 Å². The molecule has 0 unspecified atom stereocenters. The topological polar surface area (TPSA) is 88.6 Å². The van der Waals surface area contributed by atoms with Gasteiger partial charge in [0.15, 0.2) is 11.5 Å². The van der Waals surface area contributed by atoms with E-state index in [1.54, 1.807) is 14.2 Å². The number of methoxy groups -OCH3 is 2. The maximum Gasteiger partial charge on any atom is 0.332 e. The summed E-state index contributed by atoms with van der Waals surface area (Å²) in [5.41, 5.74) is 2.58. The number of hydrogen-bond donors (Lipinski definition) is 0. The Morgan fingerprint density at radius 2 is 1.45 bits per heavy atom. The first-order chi connectivity index (χ1) is 20.2. The van der Waals surface area contributed by atoms with Crippen LogP contribution < -0.4 is 14.2 Å². The summed E-state index contributed by atoms with van der Waals surface area (Å²) in [6, 6.07) is 20.6. The van der Waals surface area contributed by atoms with Gasteiger partial charge in [0, 0.05) is 33.2 Å². The summed E-state index contributed by atoms with van der Waals surface area (Å²) in [5.74, 6) is 0.997. The third-order valence-corrected chi connectivity index (χ3v) is 8.46. The van der Waals surface area contributed by atoms with E-state index in [0.717, 1.165) is 38.5 Å². The monoisotopic (exact) mass is 571 g/mol. The van der Waals surface area contributed by atoms with Crippen LogP contribution in [-0.4, -0.2) is 73.9 Å².